The number of rotatable bonds is 8. The van der Waals surface area contributed by atoms with Crippen LogP contribution in [-0.2, 0) is 22.6 Å². The molecule has 7 nitrogen and oxygen atoms in total. The summed E-state index contributed by atoms with van der Waals surface area (Å²) < 4.78 is 82.7. The van der Waals surface area contributed by atoms with Crippen LogP contribution in [0.5, 0.6) is 0 Å². The Balaban J connectivity index is 1.56. The SMILES string of the molecule is CN(C)C1(CCc2cccc(C(F)(F)F)c2)CCCN(c2cc(F)c(S(=O)(=O)Nc3ccncn3)c(Cl)c2)C1. The molecule has 210 valence electrons. The van der Waals surface area contributed by atoms with Gasteiger partial charge in [0.25, 0.3) is 10.0 Å². The molecule has 0 radical (unpaired) electrons. The predicted molar refractivity (Wildman–Crippen MR) is 142 cm³/mol. The number of nitrogens with one attached hydrogen (secondary N) is 1. The molecule has 2 aromatic carbocycles. The van der Waals surface area contributed by atoms with Crippen LogP contribution in [0.4, 0.5) is 29.1 Å². The van der Waals surface area contributed by atoms with Gasteiger partial charge in [-0.15, -0.1) is 0 Å². The second kappa shape index (κ2) is 11.3. The Morgan fingerprint density at radius 3 is 2.59 bits per heavy atom. The minimum Gasteiger partial charge on any atom is -0.370 e. The molecule has 3 aromatic rings. The van der Waals surface area contributed by atoms with Crippen LogP contribution in [0.3, 0.4) is 0 Å². The molecule has 0 aliphatic carbocycles. The van der Waals surface area contributed by atoms with Crippen molar-refractivity contribution in [1.82, 2.24) is 14.9 Å². The molecule has 39 heavy (non-hydrogen) atoms. The van der Waals surface area contributed by atoms with E-state index in [4.69, 9.17) is 11.6 Å². The molecule has 1 aliphatic rings. The largest absolute Gasteiger partial charge is 0.416 e. The van der Waals surface area contributed by atoms with Gasteiger partial charge in [0.2, 0.25) is 0 Å². The van der Waals surface area contributed by atoms with Crippen molar-refractivity contribution < 1.29 is 26.0 Å². The highest BCUT2D eigenvalue weighted by Gasteiger charge is 2.38. The first-order chi connectivity index (χ1) is 18.3. The van der Waals surface area contributed by atoms with Crippen LogP contribution in [-0.4, -0.2) is 56.0 Å². The molecule has 1 atom stereocenters. The van der Waals surface area contributed by atoms with Gasteiger partial charge >= 0.3 is 6.18 Å². The third kappa shape index (κ3) is 6.62. The van der Waals surface area contributed by atoms with E-state index in [1.54, 1.807) is 6.07 Å². The highest BCUT2D eigenvalue weighted by Crippen LogP contribution is 2.37. The van der Waals surface area contributed by atoms with Gasteiger partial charge in [0, 0.05) is 30.5 Å². The summed E-state index contributed by atoms with van der Waals surface area (Å²) in [5.41, 5.74) is -0.0839. The van der Waals surface area contributed by atoms with Crippen molar-refractivity contribution in [2.24, 2.45) is 0 Å². The standard InChI is InChI=1S/C26H28ClF4N5O2S/c1-35(2)25(10-7-18-5-3-6-19(13-18)26(29,30)31)9-4-12-36(16-25)20-14-21(27)24(22(28)15-20)39(37,38)34-23-8-11-32-17-33-23/h3,5-6,8,11,13-15,17H,4,7,9-10,12,16H2,1-2H3,(H,32,33,34). The van der Waals surface area contributed by atoms with Gasteiger partial charge in [0.15, 0.2) is 0 Å². The van der Waals surface area contributed by atoms with Crippen LogP contribution >= 0.6 is 11.6 Å². The van der Waals surface area contributed by atoms with Gasteiger partial charge in [0.05, 0.1) is 10.6 Å². The lowest BCUT2D eigenvalue weighted by atomic mass is 9.82. The molecule has 1 fully saturated rings. The highest BCUT2D eigenvalue weighted by atomic mass is 35.5. The van der Waals surface area contributed by atoms with Crippen molar-refractivity contribution in [1.29, 1.82) is 0 Å². The summed E-state index contributed by atoms with van der Waals surface area (Å²) in [6.45, 7) is 1.04. The van der Waals surface area contributed by atoms with Crippen molar-refractivity contribution in [3.8, 4) is 0 Å². The summed E-state index contributed by atoms with van der Waals surface area (Å²) in [6.07, 6.45) is 0.617. The van der Waals surface area contributed by atoms with Gasteiger partial charge < -0.3 is 9.80 Å². The number of anilines is 2. The molecule has 0 bridgehead atoms. The van der Waals surface area contributed by atoms with Gasteiger partial charge in [0.1, 0.15) is 22.9 Å². The maximum absolute atomic E-state index is 15.3. The summed E-state index contributed by atoms with van der Waals surface area (Å²) in [5.74, 6) is -1.04. The fraction of sp³-hybridized carbons (Fsp3) is 0.385. The molecule has 1 unspecified atom stereocenters. The first kappa shape index (κ1) is 29.0. The van der Waals surface area contributed by atoms with Crippen molar-refractivity contribution in [3.63, 3.8) is 0 Å². The number of aromatic nitrogens is 2. The van der Waals surface area contributed by atoms with Crippen LogP contribution in [0.15, 0.2) is 59.9 Å². The minimum absolute atomic E-state index is 0.0305. The lowest BCUT2D eigenvalue weighted by molar-refractivity contribution is -0.137. The zero-order valence-corrected chi connectivity index (χ0v) is 22.9. The summed E-state index contributed by atoms with van der Waals surface area (Å²) in [5, 5.41) is -0.281. The zero-order chi connectivity index (χ0) is 28.4. The van der Waals surface area contributed by atoms with E-state index in [2.05, 4.69) is 19.6 Å². The van der Waals surface area contributed by atoms with Gasteiger partial charge in [-0.25, -0.2) is 22.8 Å². The van der Waals surface area contributed by atoms with E-state index >= 15 is 4.39 Å². The fourth-order valence-corrected chi connectivity index (χ4v) is 6.57. The Morgan fingerprint density at radius 1 is 1.18 bits per heavy atom. The zero-order valence-electron chi connectivity index (χ0n) is 21.3. The maximum Gasteiger partial charge on any atom is 0.416 e. The number of alkyl halides is 3. The highest BCUT2D eigenvalue weighted by molar-refractivity contribution is 7.92. The molecule has 1 aliphatic heterocycles. The van der Waals surface area contributed by atoms with Crippen molar-refractivity contribution in [3.05, 3.63) is 77.0 Å². The Labute approximate surface area is 229 Å². The molecule has 1 saturated heterocycles. The number of benzene rings is 2. The summed E-state index contributed by atoms with van der Waals surface area (Å²) >= 11 is 6.31. The van der Waals surface area contributed by atoms with Crippen molar-refractivity contribution in [2.75, 3.05) is 36.8 Å². The molecule has 0 amide bonds. The first-order valence-electron chi connectivity index (χ1n) is 12.2. The predicted octanol–water partition coefficient (Wildman–Crippen LogP) is 5.62. The molecule has 1 N–H and O–H groups in total. The van der Waals surface area contributed by atoms with Crippen LogP contribution < -0.4 is 9.62 Å². The number of nitrogens with zero attached hydrogens (tertiary/aromatic N) is 4. The van der Waals surface area contributed by atoms with E-state index in [-0.39, 0.29) is 10.8 Å². The lowest BCUT2D eigenvalue weighted by Gasteiger charge is -2.48. The molecular weight excluding hydrogens is 558 g/mol. The molecule has 0 spiro atoms. The monoisotopic (exact) mass is 585 g/mol. The Morgan fingerprint density at radius 2 is 1.95 bits per heavy atom. The molecule has 0 saturated carbocycles. The summed E-state index contributed by atoms with van der Waals surface area (Å²) in [7, 11) is -0.537. The van der Waals surface area contributed by atoms with Crippen molar-refractivity contribution in [2.45, 2.75) is 42.3 Å². The molecular formula is C26H28ClF4N5O2S. The van der Waals surface area contributed by atoms with Crippen LogP contribution in [0.1, 0.15) is 30.4 Å². The third-order valence-electron chi connectivity index (χ3n) is 7.08. The fourth-order valence-electron chi connectivity index (χ4n) is 4.93. The molecule has 1 aromatic heterocycles. The summed E-state index contributed by atoms with van der Waals surface area (Å²) in [4.78, 5) is 10.8. The average molecular weight is 586 g/mol. The third-order valence-corrected chi connectivity index (χ3v) is 8.92. The number of hydrogen-bond acceptors (Lipinski definition) is 6. The van der Waals surface area contributed by atoms with Crippen molar-refractivity contribution >= 4 is 33.1 Å². The quantitative estimate of drug-likeness (QED) is 0.346. The first-order valence-corrected chi connectivity index (χ1v) is 14.0. The van der Waals surface area contributed by atoms with E-state index in [0.717, 1.165) is 31.3 Å². The number of likely N-dealkylation sites (N-methyl/N-ethyl adjacent to an activating group) is 1. The lowest BCUT2D eigenvalue weighted by Crippen LogP contribution is -2.56. The van der Waals surface area contributed by atoms with E-state index in [1.165, 1.54) is 30.5 Å². The van der Waals surface area contributed by atoms with Gasteiger partial charge in [-0.1, -0.05) is 29.8 Å². The topological polar surface area (TPSA) is 78.4 Å². The smallest absolute Gasteiger partial charge is 0.370 e. The van der Waals surface area contributed by atoms with E-state index < -0.39 is 38.0 Å². The maximum atomic E-state index is 15.3. The second-order valence-corrected chi connectivity index (χ2v) is 11.8. The normalized spacial score (nSPS) is 18.4. The van der Waals surface area contributed by atoms with Gasteiger partial charge in [-0.3, -0.25) is 4.72 Å². The van der Waals surface area contributed by atoms with Crippen LogP contribution in [0.2, 0.25) is 5.02 Å². The number of sulfonamides is 1. The minimum atomic E-state index is -4.41. The molecule has 2 heterocycles. The van der Waals surface area contributed by atoms with Gasteiger partial charge in [-0.05, 0) is 69.6 Å². The number of aryl methyl sites for hydroxylation is 1. The second-order valence-electron chi connectivity index (χ2n) is 9.78. The number of halogens is 5. The summed E-state index contributed by atoms with van der Waals surface area (Å²) in [6, 6.07) is 9.20. The Kier molecular flexibility index (Phi) is 8.38. The number of piperidine rings is 1. The number of hydrogen-bond donors (Lipinski definition) is 1. The van der Waals surface area contributed by atoms with Crippen LogP contribution in [0.25, 0.3) is 0 Å². The van der Waals surface area contributed by atoms with E-state index in [9.17, 15) is 21.6 Å². The molecule has 13 heteroatoms. The van der Waals surface area contributed by atoms with Gasteiger partial charge in [-0.2, -0.15) is 13.2 Å². The van der Waals surface area contributed by atoms with Crippen LogP contribution in [0, 0.1) is 5.82 Å². The Hall–Kier alpha value is -2.96. The van der Waals surface area contributed by atoms with E-state index in [0.29, 0.717) is 37.2 Å². The molecule has 4 rings (SSSR count). The van der Waals surface area contributed by atoms with E-state index in [1.807, 2.05) is 19.0 Å². The average Bonchev–Trinajstić information content (AvgIpc) is 2.87. The Bertz CT molecular complexity index is 1400.